The van der Waals surface area contributed by atoms with Gasteiger partial charge in [-0.15, -0.1) is 22.9 Å². The van der Waals surface area contributed by atoms with Crippen molar-refractivity contribution in [1.29, 1.82) is 0 Å². The van der Waals surface area contributed by atoms with Crippen LogP contribution >= 0.6 is 22.9 Å². The number of halogens is 2. The van der Waals surface area contributed by atoms with Gasteiger partial charge in [0.1, 0.15) is 11.9 Å². The second-order valence-electron chi connectivity index (χ2n) is 7.68. The summed E-state index contributed by atoms with van der Waals surface area (Å²) < 4.78 is 20.1. The third kappa shape index (κ3) is 2.99. The molecule has 4 unspecified atom stereocenters. The summed E-state index contributed by atoms with van der Waals surface area (Å²) in [6.45, 7) is 1.84. The number of carbonyl (C=O) groups excluding carboxylic acids is 2. The number of Topliss-reactive ketones (excluding diaryl/α,β-unsaturated/α-hetero) is 1. The summed E-state index contributed by atoms with van der Waals surface area (Å²) in [4.78, 5) is 32.7. The smallest absolute Gasteiger partial charge is 0.296 e. The fourth-order valence-electron chi connectivity index (χ4n) is 4.46. The van der Waals surface area contributed by atoms with Gasteiger partial charge in [-0.1, -0.05) is 12.1 Å². The molecule has 0 spiro atoms. The molecule has 1 aliphatic carbocycles. The Morgan fingerprint density at radius 2 is 2.14 bits per heavy atom. The lowest BCUT2D eigenvalue weighted by Crippen LogP contribution is -2.41. The van der Waals surface area contributed by atoms with Gasteiger partial charge in [-0.05, 0) is 43.9 Å². The molecule has 3 aliphatic rings. The average Bonchev–Trinajstić information content (AvgIpc) is 3.24. The van der Waals surface area contributed by atoms with E-state index in [4.69, 9.17) is 16.3 Å². The third-order valence-electron chi connectivity index (χ3n) is 5.76. The van der Waals surface area contributed by atoms with Gasteiger partial charge < -0.3 is 4.74 Å². The Bertz CT molecular complexity index is 1050. The van der Waals surface area contributed by atoms with E-state index in [-0.39, 0.29) is 28.9 Å². The summed E-state index contributed by atoms with van der Waals surface area (Å²) in [5.41, 5.74) is 1.58. The molecule has 1 amide bonds. The summed E-state index contributed by atoms with van der Waals surface area (Å²) in [6, 6.07) is 5.22. The van der Waals surface area contributed by atoms with Crippen molar-refractivity contribution in [2.45, 2.75) is 43.7 Å². The molecular formula is C21H18ClFN2O3S. The maximum Gasteiger partial charge on any atom is 0.296 e. The molecule has 1 aromatic carbocycles. The maximum absolute atomic E-state index is 14.0. The van der Waals surface area contributed by atoms with E-state index in [2.05, 4.69) is 4.98 Å². The number of alkyl halides is 1. The van der Waals surface area contributed by atoms with Crippen molar-refractivity contribution in [1.82, 2.24) is 4.98 Å². The molecule has 5 nitrogen and oxygen atoms in total. The Hall–Kier alpha value is -2.25. The van der Waals surface area contributed by atoms with Crippen molar-refractivity contribution in [3.05, 3.63) is 58.1 Å². The SMILES string of the molecule is Cc1csc(N2C(=O)C3=C(C(=O)C4CC(Cl)CCC4O3)C2c2cccc(F)c2)n1. The molecule has 29 heavy (non-hydrogen) atoms. The zero-order valence-electron chi connectivity index (χ0n) is 15.6. The Labute approximate surface area is 176 Å². The number of hydrogen-bond acceptors (Lipinski definition) is 5. The van der Waals surface area contributed by atoms with Gasteiger partial charge in [0.2, 0.25) is 0 Å². The van der Waals surface area contributed by atoms with Gasteiger partial charge in [0.15, 0.2) is 16.7 Å². The standard InChI is InChI=1S/C21H18ClFN2O3S/c1-10-9-29-21(24-10)25-17(11-3-2-4-13(23)7-11)16-18(26)14-8-12(22)5-6-15(14)28-19(16)20(25)27/h2-4,7,9,12,14-15,17H,5-6,8H2,1H3. The van der Waals surface area contributed by atoms with Crippen LogP contribution < -0.4 is 4.90 Å². The van der Waals surface area contributed by atoms with Gasteiger partial charge in [-0.25, -0.2) is 9.37 Å². The molecule has 4 atom stereocenters. The number of nitrogens with zero attached hydrogens (tertiary/aromatic N) is 2. The van der Waals surface area contributed by atoms with Crippen LogP contribution in [-0.4, -0.2) is 28.2 Å². The van der Waals surface area contributed by atoms with Crippen molar-refractivity contribution in [2.24, 2.45) is 5.92 Å². The normalized spacial score (nSPS) is 29.0. The number of hydrogen-bond donors (Lipinski definition) is 0. The third-order valence-corrected chi connectivity index (χ3v) is 7.12. The van der Waals surface area contributed by atoms with Gasteiger partial charge in [-0.2, -0.15) is 0 Å². The molecule has 1 aromatic heterocycles. The maximum atomic E-state index is 14.0. The molecule has 0 saturated heterocycles. The second kappa shape index (κ2) is 6.92. The highest BCUT2D eigenvalue weighted by molar-refractivity contribution is 7.14. The van der Waals surface area contributed by atoms with E-state index >= 15 is 0 Å². The highest BCUT2D eigenvalue weighted by Crippen LogP contribution is 2.49. The number of thiazole rings is 1. The number of amides is 1. The van der Waals surface area contributed by atoms with Gasteiger partial charge in [0, 0.05) is 10.8 Å². The highest BCUT2D eigenvalue weighted by atomic mass is 35.5. The van der Waals surface area contributed by atoms with Crippen LogP contribution in [0, 0.1) is 18.7 Å². The molecule has 5 rings (SSSR count). The molecule has 1 saturated carbocycles. The number of fused-ring (bicyclic) bond motifs is 1. The fourth-order valence-corrected chi connectivity index (χ4v) is 5.60. The zero-order chi connectivity index (χ0) is 20.3. The molecule has 2 aliphatic heterocycles. The van der Waals surface area contributed by atoms with Crippen molar-refractivity contribution in [3.63, 3.8) is 0 Å². The summed E-state index contributed by atoms with van der Waals surface area (Å²) in [7, 11) is 0. The minimum atomic E-state index is -0.761. The Morgan fingerprint density at radius 1 is 1.31 bits per heavy atom. The topological polar surface area (TPSA) is 59.5 Å². The molecule has 2 aromatic rings. The van der Waals surface area contributed by atoms with Crippen LogP contribution in [0.4, 0.5) is 9.52 Å². The first kappa shape index (κ1) is 18.8. The number of benzene rings is 1. The van der Waals surface area contributed by atoms with Gasteiger partial charge in [0.05, 0.1) is 23.2 Å². The zero-order valence-corrected chi connectivity index (χ0v) is 17.2. The minimum absolute atomic E-state index is 0.0754. The summed E-state index contributed by atoms with van der Waals surface area (Å²) in [5, 5.41) is 2.21. The van der Waals surface area contributed by atoms with Crippen molar-refractivity contribution < 1.29 is 18.7 Å². The second-order valence-corrected chi connectivity index (χ2v) is 9.14. The first-order valence-corrected chi connectivity index (χ1v) is 10.9. The quantitative estimate of drug-likeness (QED) is 0.663. The highest BCUT2D eigenvalue weighted by Gasteiger charge is 2.53. The number of aryl methyl sites for hydroxylation is 1. The predicted molar refractivity (Wildman–Crippen MR) is 107 cm³/mol. The first-order chi connectivity index (χ1) is 13.9. The molecule has 0 bridgehead atoms. The number of carbonyl (C=O) groups is 2. The molecule has 8 heteroatoms. The van der Waals surface area contributed by atoms with Crippen LogP contribution in [-0.2, 0) is 14.3 Å². The molecule has 1 fully saturated rings. The summed E-state index contributed by atoms with van der Waals surface area (Å²) >= 11 is 7.63. The van der Waals surface area contributed by atoms with Crippen LogP contribution in [0.25, 0.3) is 0 Å². The van der Waals surface area contributed by atoms with Crippen LogP contribution in [0.2, 0.25) is 0 Å². The molecule has 0 N–H and O–H groups in total. The molecule has 0 radical (unpaired) electrons. The van der Waals surface area contributed by atoms with E-state index in [1.54, 1.807) is 12.1 Å². The summed E-state index contributed by atoms with van der Waals surface area (Å²) in [5.74, 6) is -1.26. The number of ketones is 1. The van der Waals surface area contributed by atoms with E-state index in [1.807, 2.05) is 12.3 Å². The van der Waals surface area contributed by atoms with E-state index in [0.717, 1.165) is 12.1 Å². The van der Waals surface area contributed by atoms with E-state index in [9.17, 15) is 14.0 Å². The van der Waals surface area contributed by atoms with Gasteiger partial charge in [0.25, 0.3) is 5.91 Å². The van der Waals surface area contributed by atoms with Crippen molar-refractivity contribution in [3.8, 4) is 0 Å². The largest absolute Gasteiger partial charge is 0.483 e. The molecule has 3 heterocycles. The predicted octanol–water partition coefficient (Wildman–Crippen LogP) is 4.31. The van der Waals surface area contributed by atoms with Gasteiger partial charge >= 0.3 is 0 Å². The fraction of sp³-hybridized carbons (Fsp3) is 0.381. The Morgan fingerprint density at radius 3 is 2.86 bits per heavy atom. The summed E-state index contributed by atoms with van der Waals surface area (Å²) in [6.07, 6.45) is 1.55. The first-order valence-electron chi connectivity index (χ1n) is 9.54. The Kier molecular flexibility index (Phi) is 4.47. The average molecular weight is 433 g/mol. The molecular weight excluding hydrogens is 415 g/mol. The van der Waals surface area contributed by atoms with E-state index < -0.39 is 17.8 Å². The lowest BCUT2D eigenvalue weighted by Gasteiger charge is -2.37. The minimum Gasteiger partial charge on any atom is -0.483 e. The van der Waals surface area contributed by atoms with E-state index in [1.165, 1.54) is 28.4 Å². The van der Waals surface area contributed by atoms with Gasteiger partial charge in [-0.3, -0.25) is 14.5 Å². The lowest BCUT2D eigenvalue weighted by atomic mass is 9.77. The molecule has 150 valence electrons. The van der Waals surface area contributed by atoms with Crippen molar-refractivity contribution >= 4 is 39.8 Å². The number of anilines is 1. The van der Waals surface area contributed by atoms with Crippen LogP contribution in [0.1, 0.15) is 36.6 Å². The number of ether oxygens (including phenoxy) is 1. The Balaban J connectivity index is 1.65. The monoisotopic (exact) mass is 432 g/mol. The number of aromatic nitrogens is 1. The van der Waals surface area contributed by atoms with Crippen LogP contribution in [0.15, 0.2) is 41.0 Å². The van der Waals surface area contributed by atoms with Crippen molar-refractivity contribution in [2.75, 3.05) is 4.90 Å². The van der Waals surface area contributed by atoms with Crippen LogP contribution in [0.3, 0.4) is 0 Å². The lowest BCUT2D eigenvalue weighted by molar-refractivity contribution is -0.131. The van der Waals surface area contributed by atoms with E-state index in [0.29, 0.717) is 29.1 Å². The van der Waals surface area contributed by atoms with Crippen LogP contribution in [0.5, 0.6) is 0 Å². The number of rotatable bonds is 2.